The van der Waals surface area contributed by atoms with E-state index in [0.29, 0.717) is 5.92 Å². The molecule has 5 heteroatoms. The van der Waals surface area contributed by atoms with Crippen LogP contribution >= 0.6 is 0 Å². The predicted molar refractivity (Wildman–Crippen MR) is 71.8 cm³/mol. The molecular weight excluding hydrogens is 246 g/mol. The average Bonchev–Trinajstić information content (AvgIpc) is 2.87. The number of aliphatic carboxylic acids is 1. The van der Waals surface area contributed by atoms with Crippen molar-refractivity contribution in [3.05, 3.63) is 0 Å². The molecule has 0 aliphatic heterocycles. The number of rotatable bonds is 8. The van der Waals surface area contributed by atoms with Crippen LogP contribution in [0.5, 0.6) is 0 Å². The largest absolute Gasteiger partial charge is 0.480 e. The third-order valence-electron chi connectivity index (χ3n) is 3.90. The quantitative estimate of drug-likeness (QED) is 0.706. The number of carboxylic acids is 1. The summed E-state index contributed by atoms with van der Waals surface area (Å²) in [6.45, 7) is 1.98. The molecule has 1 saturated carbocycles. The lowest BCUT2D eigenvalue weighted by atomic mass is 9.90. The van der Waals surface area contributed by atoms with Crippen LogP contribution in [0.2, 0.25) is 0 Å². The lowest BCUT2D eigenvalue weighted by Crippen LogP contribution is -2.46. The highest BCUT2D eigenvalue weighted by Gasteiger charge is 2.27. The predicted octanol–water partition coefficient (Wildman–Crippen LogP) is 1.81. The number of ether oxygens (including phenoxy) is 1. The number of methoxy groups -OCH3 is 1. The Kier molecular flexibility index (Phi) is 6.84. The minimum atomic E-state index is -1.05. The third kappa shape index (κ3) is 5.19. The number of nitrogens with one attached hydrogen (secondary N) is 1. The molecule has 2 unspecified atom stereocenters. The fourth-order valence-corrected chi connectivity index (χ4v) is 2.74. The summed E-state index contributed by atoms with van der Waals surface area (Å²) in [6, 6.07) is -0.949. The van der Waals surface area contributed by atoms with Gasteiger partial charge in [-0.25, -0.2) is 4.79 Å². The van der Waals surface area contributed by atoms with Gasteiger partial charge in [-0.1, -0.05) is 32.6 Å². The molecule has 0 heterocycles. The van der Waals surface area contributed by atoms with E-state index in [-0.39, 0.29) is 18.4 Å². The molecule has 1 rings (SSSR count). The van der Waals surface area contributed by atoms with Gasteiger partial charge in [0.25, 0.3) is 0 Å². The summed E-state index contributed by atoms with van der Waals surface area (Å²) in [6.07, 6.45) is 6.53. The van der Waals surface area contributed by atoms with Crippen molar-refractivity contribution in [3.8, 4) is 0 Å². The Labute approximate surface area is 114 Å². The van der Waals surface area contributed by atoms with Crippen molar-refractivity contribution in [2.24, 2.45) is 11.8 Å². The number of hydrogen-bond acceptors (Lipinski definition) is 3. The van der Waals surface area contributed by atoms with Crippen molar-refractivity contribution < 1.29 is 19.4 Å². The van der Waals surface area contributed by atoms with Crippen molar-refractivity contribution in [1.29, 1.82) is 0 Å². The second kappa shape index (κ2) is 8.15. The van der Waals surface area contributed by atoms with E-state index in [9.17, 15) is 9.59 Å². The minimum absolute atomic E-state index is 0.000929. The molecule has 1 amide bonds. The zero-order chi connectivity index (χ0) is 14.3. The number of hydrogen-bond donors (Lipinski definition) is 2. The van der Waals surface area contributed by atoms with E-state index in [4.69, 9.17) is 9.84 Å². The smallest absolute Gasteiger partial charge is 0.328 e. The van der Waals surface area contributed by atoms with Crippen LogP contribution in [-0.4, -0.2) is 36.7 Å². The van der Waals surface area contributed by atoms with Crippen molar-refractivity contribution in [1.82, 2.24) is 5.32 Å². The SMILES string of the molecule is CCC(CC1CCCC1)C(=O)NC(COC)C(=O)O. The summed E-state index contributed by atoms with van der Waals surface area (Å²) < 4.78 is 4.82. The first-order valence-electron chi connectivity index (χ1n) is 7.10. The Morgan fingerprint density at radius 3 is 2.47 bits per heavy atom. The van der Waals surface area contributed by atoms with Gasteiger partial charge < -0.3 is 15.2 Å². The van der Waals surface area contributed by atoms with Gasteiger partial charge >= 0.3 is 5.97 Å². The Hall–Kier alpha value is -1.10. The Morgan fingerprint density at radius 1 is 1.37 bits per heavy atom. The van der Waals surface area contributed by atoms with Gasteiger partial charge in [0.15, 0.2) is 6.04 Å². The molecule has 0 aromatic heterocycles. The van der Waals surface area contributed by atoms with E-state index < -0.39 is 12.0 Å². The first-order chi connectivity index (χ1) is 9.08. The lowest BCUT2D eigenvalue weighted by molar-refractivity contribution is -0.144. The fourth-order valence-electron chi connectivity index (χ4n) is 2.74. The molecule has 0 aromatic carbocycles. The van der Waals surface area contributed by atoms with Crippen molar-refractivity contribution in [2.75, 3.05) is 13.7 Å². The lowest BCUT2D eigenvalue weighted by Gasteiger charge is -2.21. The van der Waals surface area contributed by atoms with E-state index in [1.807, 2.05) is 6.92 Å². The van der Waals surface area contributed by atoms with Gasteiger partial charge in [0.1, 0.15) is 0 Å². The normalized spacial score (nSPS) is 19.1. The van der Waals surface area contributed by atoms with Crippen LogP contribution in [-0.2, 0) is 14.3 Å². The zero-order valence-corrected chi connectivity index (χ0v) is 11.9. The van der Waals surface area contributed by atoms with Crippen molar-refractivity contribution >= 4 is 11.9 Å². The topological polar surface area (TPSA) is 75.6 Å². The summed E-state index contributed by atoms with van der Waals surface area (Å²) in [5, 5.41) is 11.6. The van der Waals surface area contributed by atoms with Gasteiger partial charge in [0, 0.05) is 13.0 Å². The highest BCUT2D eigenvalue weighted by molar-refractivity contribution is 5.85. The molecule has 2 atom stereocenters. The van der Waals surface area contributed by atoms with Gasteiger partial charge in [0.05, 0.1) is 6.61 Å². The summed E-state index contributed by atoms with van der Waals surface area (Å²) in [7, 11) is 1.43. The van der Waals surface area contributed by atoms with Gasteiger partial charge in [-0.05, 0) is 18.8 Å². The zero-order valence-electron chi connectivity index (χ0n) is 11.9. The number of carbonyl (C=O) groups is 2. The number of carboxylic acid groups (broad SMARTS) is 1. The fraction of sp³-hybridized carbons (Fsp3) is 0.857. The van der Waals surface area contributed by atoms with Crippen LogP contribution in [0.3, 0.4) is 0 Å². The number of carbonyl (C=O) groups excluding carboxylic acids is 1. The first-order valence-corrected chi connectivity index (χ1v) is 7.10. The van der Waals surface area contributed by atoms with Crippen LogP contribution in [0.15, 0.2) is 0 Å². The monoisotopic (exact) mass is 271 g/mol. The molecule has 0 bridgehead atoms. The molecule has 0 spiro atoms. The van der Waals surface area contributed by atoms with Crippen molar-refractivity contribution in [3.63, 3.8) is 0 Å². The maximum absolute atomic E-state index is 12.1. The molecule has 19 heavy (non-hydrogen) atoms. The van der Waals surface area contributed by atoms with E-state index in [1.165, 1.54) is 32.8 Å². The first kappa shape index (κ1) is 16.0. The van der Waals surface area contributed by atoms with Gasteiger partial charge in [-0.3, -0.25) is 4.79 Å². The van der Waals surface area contributed by atoms with E-state index in [1.54, 1.807) is 0 Å². The van der Waals surface area contributed by atoms with E-state index >= 15 is 0 Å². The molecule has 110 valence electrons. The van der Waals surface area contributed by atoms with Crippen molar-refractivity contribution in [2.45, 2.75) is 51.5 Å². The van der Waals surface area contributed by atoms with Crippen LogP contribution < -0.4 is 5.32 Å². The van der Waals surface area contributed by atoms with E-state index in [2.05, 4.69) is 5.32 Å². The molecular formula is C14H25NO4. The molecule has 1 aliphatic rings. The second-order valence-electron chi connectivity index (χ2n) is 5.35. The highest BCUT2D eigenvalue weighted by Crippen LogP contribution is 2.31. The molecule has 1 fully saturated rings. The summed E-state index contributed by atoms with van der Waals surface area (Å²) in [5.74, 6) is -0.659. The Balaban J connectivity index is 2.49. The maximum Gasteiger partial charge on any atom is 0.328 e. The standard InChI is InChI=1S/C14H25NO4/c1-3-11(8-10-6-4-5-7-10)13(16)15-12(9-19-2)14(17)18/h10-12H,3-9H2,1-2H3,(H,15,16)(H,17,18). The Bertz CT molecular complexity index is 300. The molecule has 5 nitrogen and oxygen atoms in total. The van der Waals surface area contributed by atoms with Crippen LogP contribution in [0.25, 0.3) is 0 Å². The van der Waals surface area contributed by atoms with Crippen LogP contribution in [0.1, 0.15) is 45.4 Å². The molecule has 0 aromatic rings. The second-order valence-corrected chi connectivity index (χ2v) is 5.35. The summed E-state index contributed by atoms with van der Waals surface area (Å²) >= 11 is 0. The van der Waals surface area contributed by atoms with Crippen LogP contribution in [0.4, 0.5) is 0 Å². The average molecular weight is 271 g/mol. The third-order valence-corrected chi connectivity index (χ3v) is 3.90. The highest BCUT2D eigenvalue weighted by atomic mass is 16.5. The van der Waals surface area contributed by atoms with Gasteiger partial charge in [0.2, 0.25) is 5.91 Å². The minimum Gasteiger partial charge on any atom is -0.480 e. The summed E-state index contributed by atoms with van der Waals surface area (Å²) in [4.78, 5) is 23.1. The van der Waals surface area contributed by atoms with Gasteiger partial charge in [-0.15, -0.1) is 0 Å². The van der Waals surface area contributed by atoms with E-state index in [0.717, 1.165) is 12.8 Å². The van der Waals surface area contributed by atoms with Gasteiger partial charge in [-0.2, -0.15) is 0 Å². The van der Waals surface area contributed by atoms with Crippen LogP contribution in [0, 0.1) is 11.8 Å². The maximum atomic E-state index is 12.1. The summed E-state index contributed by atoms with van der Waals surface area (Å²) in [5.41, 5.74) is 0. The molecule has 0 radical (unpaired) electrons. The molecule has 1 aliphatic carbocycles. The molecule has 0 saturated heterocycles. The molecule has 2 N–H and O–H groups in total. The number of amides is 1. The Morgan fingerprint density at radius 2 is 2.00 bits per heavy atom.